The van der Waals surface area contributed by atoms with E-state index in [1.165, 1.54) is 0 Å². The van der Waals surface area contributed by atoms with Crippen molar-refractivity contribution < 1.29 is 10.2 Å². The van der Waals surface area contributed by atoms with E-state index in [1.807, 2.05) is 0 Å². The van der Waals surface area contributed by atoms with Crippen LogP contribution in [0.4, 0.5) is 0 Å². The fraction of sp³-hybridized carbons (Fsp3) is 1.00. The van der Waals surface area contributed by atoms with Gasteiger partial charge in [0.25, 0.3) is 0 Å². The van der Waals surface area contributed by atoms with Crippen LogP contribution in [0.2, 0.25) is 0 Å². The molecule has 0 bridgehead atoms. The van der Waals surface area contributed by atoms with Crippen molar-refractivity contribution in [3.8, 4) is 0 Å². The van der Waals surface area contributed by atoms with Crippen LogP contribution in [0.25, 0.3) is 0 Å². The molecule has 152 valence electrons. The molecule has 0 saturated carbocycles. The van der Waals surface area contributed by atoms with Crippen molar-refractivity contribution in [3.63, 3.8) is 0 Å². The van der Waals surface area contributed by atoms with Gasteiger partial charge in [0.1, 0.15) is 0 Å². The van der Waals surface area contributed by atoms with Crippen LogP contribution < -0.4 is 11.5 Å². The zero-order chi connectivity index (χ0) is 15.4. The first-order valence-electron chi connectivity index (χ1n) is 7.57. The van der Waals surface area contributed by atoms with E-state index in [9.17, 15) is 10.2 Å². The van der Waals surface area contributed by atoms with E-state index < -0.39 is 0 Å². The molecule has 6 nitrogen and oxygen atoms in total. The van der Waals surface area contributed by atoms with E-state index in [2.05, 4.69) is 37.5 Å². The molecule has 10 heteroatoms. The highest BCUT2D eigenvalue weighted by molar-refractivity contribution is 5.86. The summed E-state index contributed by atoms with van der Waals surface area (Å²) in [5, 5.41) is 18.5. The van der Waals surface area contributed by atoms with Crippen molar-refractivity contribution in [3.05, 3.63) is 0 Å². The molecule has 2 heterocycles. The minimum absolute atomic E-state index is 0. The van der Waals surface area contributed by atoms with Crippen molar-refractivity contribution in [2.45, 2.75) is 64.1 Å². The maximum absolute atomic E-state index is 9.25. The standard InChI is InChI=1S/2C7H16N2O.4ClH/c2*1-5(2)9-3-6(8)7(10)4-9;;;;/h2*5-7,10H,3-4,8H2,1-2H3;4*1H/t2*6-,7-;;;;/m10..../s1. The van der Waals surface area contributed by atoms with Gasteiger partial charge in [-0.1, -0.05) is 0 Å². The molecule has 0 radical (unpaired) electrons. The zero-order valence-electron chi connectivity index (χ0n) is 14.9. The van der Waals surface area contributed by atoms with E-state index >= 15 is 0 Å². The predicted octanol–water partition coefficient (Wildman–Crippen LogP) is 0.484. The Morgan fingerprint density at radius 3 is 1.00 bits per heavy atom. The van der Waals surface area contributed by atoms with Gasteiger partial charge in [0, 0.05) is 50.3 Å². The number of aliphatic hydroxyl groups is 2. The van der Waals surface area contributed by atoms with Gasteiger partial charge < -0.3 is 21.7 Å². The molecule has 0 unspecified atom stereocenters. The van der Waals surface area contributed by atoms with Crippen LogP contribution in [0, 0.1) is 0 Å². The van der Waals surface area contributed by atoms with Gasteiger partial charge in [-0.2, -0.15) is 0 Å². The van der Waals surface area contributed by atoms with Crippen molar-refractivity contribution in [2.75, 3.05) is 26.2 Å². The summed E-state index contributed by atoms with van der Waals surface area (Å²) in [5.74, 6) is 0. The summed E-state index contributed by atoms with van der Waals surface area (Å²) in [6.07, 6.45) is -0.634. The van der Waals surface area contributed by atoms with Crippen LogP contribution in [0.15, 0.2) is 0 Å². The topological polar surface area (TPSA) is 99.0 Å². The number of likely N-dealkylation sites (tertiary alicyclic amines) is 2. The Labute approximate surface area is 171 Å². The molecule has 2 aliphatic heterocycles. The minimum atomic E-state index is -0.317. The van der Waals surface area contributed by atoms with Crippen LogP contribution in [0.5, 0.6) is 0 Å². The Balaban J connectivity index is -0.000000143. The number of hydrogen-bond acceptors (Lipinski definition) is 6. The molecule has 2 saturated heterocycles. The monoisotopic (exact) mass is 432 g/mol. The summed E-state index contributed by atoms with van der Waals surface area (Å²) in [5.41, 5.74) is 11.2. The zero-order valence-corrected chi connectivity index (χ0v) is 18.1. The van der Waals surface area contributed by atoms with Gasteiger partial charge in [0.05, 0.1) is 12.2 Å². The summed E-state index contributed by atoms with van der Waals surface area (Å²) in [7, 11) is 0. The normalized spacial score (nSPS) is 29.8. The first-order valence-corrected chi connectivity index (χ1v) is 7.57. The number of hydrogen-bond donors (Lipinski definition) is 4. The van der Waals surface area contributed by atoms with E-state index in [-0.39, 0.29) is 73.9 Å². The molecule has 4 atom stereocenters. The van der Waals surface area contributed by atoms with Crippen LogP contribution in [0.3, 0.4) is 0 Å². The number of β-amino-alcohol motifs (C(OH)–C–C–N with tert-alkyl or cyclic N) is 2. The Bertz CT molecular complexity index is 256. The Hall–Kier alpha value is 0.920. The third-order valence-electron chi connectivity index (χ3n) is 4.18. The van der Waals surface area contributed by atoms with Crippen LogP contribution in [-0.4, -0.2) is 82.6 Å². The summed E-state index contributed by atoms with van der Waals surface area (Å²) in [6, 6.07) is 0.927. The average molecular weight is 434 g/mol. The molecule has 2 fully saturated rings. The van der Waals surface area contributed by atoms with E-state index in [1.54, 1.807) is 0 Å². The summed E-state index contributed by atoms with van der Waals surface area (Å²) >= 11 is 0. The number of nitrogens with two attached hydrogens (primary N) is 2. The average Bonchev–Trinajstić information content (AvgIpc) is 2.85. The van der Waals surface area contributed by atoms with E-state index in [4.69, 9.17) is 11.5 Å². The highest BCUT2D eigenvalue weighted by Crippen LogP contribution is 2.11. The Kier molecular flexibility index (Phi) is 20.4. The number of aliphatic hydroxyl groups excluding tert-OH is 2. The molecule has 24 heavy (non-hydrogen) atoms. The van der Waals surface area contributed by atoms with Gasteiger partial charge in [0.15, 0.2) is 0 Å². The SMILES string of the molecule is CC(C)N1C[C@@H](N)[C@H](O)C1.CC(C)N1C[C@H](N)[C@@H](O)C1.Cl.Cl.Cl.Cl. The van der Waals surface area contributed by atoms with E-state index in [0.717, 1.165) is 26.2 Å². The molecule has 0 aliphatic carbocycles. The number of halogens is 4. The van der Waals surface area contributed by atoms with Gasteiger partial charge in [-0.3, -0.25) is 9.80 Å². The lowest BCUT2D eigenvalue weighted by atomic mass is 10.2. The second kappa shape index (κ2) is 15.0. The van der Waals surface area contributed by atoms with Crippen molar-refractivity contribution in [2.24, 2.45) is 11.5 Å². The highest BCUT2D eigenvalue weighted by Gasteiger charge is 2.29. The quantitative estimate of drug-likeness (QED) is 0.505. The van der Waals surface area contributed by atoms with Crippen molar-refractivity contribution in [1.29, 1.82) is 0 Å². The predicted molar refractivity (Wildman–Crippen MR) is 110 cm³/mol. The third kappa shape index (κ3) is 10.2. The fourth-order valence-electron chi connectivity index (χ4n) is 2.53. The fourth-order valence-corrected chi connectivity index (χ4v) is 2.53. The summed E-state index contributed by atoms with van der Waals surface area (Å²) < 4.78 is 0. The van der Waals surface area contributed by atoms with Gasteiger partial charge in [0.2, 0.25) is 0 Å². The molecule has 0 aromatic heterocycles. The molecule has 0 aromatic carbocycles. The van der Waals surface area contributed by atoms with Gasteiger partial charge >= 0.3 is 0 Å². The van der Waals surface area contributed by atoms with Gasteiger partial charge in [-0.05, 0) is 27.7 Å². The minimum Gasteiger partial charge on any atom is -0.390 e. The molecule has 2 rings (SSSR count). The first-order chi connectivity index (χ1) is 9.22. The van der Waals surface area contributed by atoms with Crippen molar-refractivity contribution >= 4 is 49.6 Å². The number of nitrogens with zero attached hydrogens (tertiary/aromatic N) is 2. The lowest BCUT2D eigenvalue weighted by Crippen LogP contribution is -2.33. The third-order valence-corrected chi connectivity index (χ3v) is 4.18. The second-order valence-corrected chi connectivity index (χ2v) is 6.56. The van der Waals surface area contributed by atoms with Gasteiger partial charge in [-0.25, -0.2) is 0 Å². The molecule has 0 aromatic rings. The van der Waals surface area contributed by atoms with Crippen LogP contribution >= 0.6 is 49.6 Å². The maximum Gasteiger partial charge on any atom is 0.0830 e. The van der Waals surface area contributed by atoms with E-state index in [0.29, 0.717) is 12.1 Å². The smallest absolute Gasteiger partial charge is 0.0830 e. The number of rotatable bonds is 2. The largest absolute Gasteiger partial charge is 0.390 e. The summed E-state index contributed by atoms with van der Waals surface area (Å²) in [4.78, 5) is 4.38. The van der Waals surface area contributed by atoms with Gasteiger partial charge in [-0.15, -0.1) is 49.6 Å². The lowest BCUT2D eigenvalue weighted by Gasteiger charge is -2.18. The maximum atomic E-state index is 9.25. The van der Waals surface area contributed by atoms with Crippen molar-refractivity contribution in [1.82, 2.24) is 9.80 Å². The van der Waals surface area contributed by atoms with Crippen LogP contribution in [0.1, 0.15) is 27.7 Å². The second-order valence-electron chi connectivity index (χ2n) is 6.56. The summed E-state index contributed by atoms with van der Waals surface area (Å²) in [6.45, 7) is 11.6. The molecular formula is C14H36Cl4N4O2. The molecular weight excluding hydrogens is 398 g/mol. The highest BCUT2D eigenvalue weighted by atomic mass is 35.5. The molecule has 0 amide bonds. The molecule has 2 aliphatic rings. The molecule has 0 spiro atoms. The first kappa shape index (κ1) is 32.6. The Morgan fingerprint density at radius 2 is 0.917 bits per heavy atom. The lowest BCUT2D eigenvalue weighted by molar-refractivity contribution is 0.158. The molecule has 6 N–H and O–H groups in total. The Morgan fingerprint density at radius 1 is 0.667 bits per heavy atom. The van der Waals surface area contributed by atoms with Crippen LogP contribution in [-0.2, 0) is 0 Å².